The fraction of sp³-hybridized carbons (Fsp3) is 0.0500. The van der Waals surface area contributed by atoms with Gasteiger partial charge in [-0.2, -0.15) is 10.5 Å². The first-order valence-electron chi connectivity index (χ1n) is 7.69. The summed E-state index contributed by atoms with van der Waals surface area (Å²) in [6.07, 6.45) is 1.35. The van der Waals surface area contributed by atoms with Gasteiger partial charge in [0.15, 0.2) is 22.8 Å². The highest BCUT2D eigenvalue weighted by atomic mass is 16.5. The first-order chi connectivity index (χ1) is 13.0. The molecule has 0 bridgehead atoms. The molecule has 2 rings (SSSR count). The number of carbonyl (C=O) groups excluding carboxylic acids is 1. The van der Waals surface area contributed by atoms with E-state index in [0.717, 1.165) is 0 Å². The van der Waals surface area contributed by atoms with Crippen molar-refractivity contribution in [1.29, 1.82) is 10.5 Å². The zero-order valence-electron chi connectivity index (χ0n) is 14.3. The van der Waals surface area contributed by atoms with Gasteiger partial charge in [0.2, 0.25) is 0 Å². The third-order valence-corrected chi connectivity index (χ3v) is 3.51. The van der Waals surface area contributed by atoms with Crippen LogP contribution in [0.15, 0.2) is 65.6 Å². The number of methoxy groups -OCH3 is 1. The molecule has 27 heavy (non-hydrogen) atoms. The van der Waals surface area contributed by atoms with Gasteiger partial charge in [0.05, 0.1) is 12.8 Å². The van der Waals surface area contributed by atoms with Crippen LogP contribution in [0.25, 0.3) is 6.08 Å². The molecule has 7 heteroatoms. The van der Waals surface area contributed by atoms with E-state index in [1.807, 2.05) is 0 Å². The van der Waals surface area contributed by atoms with E-state index in [1.54, 1.807) is 42.5 Å². The molecule has 1 amide bonds. The third kappa shape index (κ3) is 4.65. The van der Waals surface area contributed by atoms with Crippen molar-refractivity contribution in [3.63, 3.8) is 0 Å². The Morgan fingerprint density at radius 3 is 2.41 bits per heavy atom. The van der Waals surface area contributed by atoms with Crippen LogP contribution in [0, 0.1) is 22.7 Å². The van der Waals surface area contributed by atoms with Gasteiger partial charge in [0.1, 0.15) is 12.1 Å². The number of ether oxygens (including phenoxy) is 1. The largest absolute Gasteiger partial charge is 0.504 e. The Hall–Kier alpha value is -4.23. The Morgan fingerprint density at radius 2 is 1.81 bits per heavy atom. The third-order valence-electron chi connectivity index (χ3n) is 3.51. The monoisotopic (exact) mass is 361 g/mol. The number of benzene rings is 2. The van der Waals surface area contributed by atoms with Crippen LogP contribution in [0.4, 0.5) is 0 Å². The lowest BCUT2D eigenvalue weighted by atomic mass is 10.1. The van der Waals surface area contributed by atoms with Crippen LogP contribution >= 0.6 is 0 Å². The van der Waals surface area contributed by atoms with Gasteiger partial charge in [-0.15, -0.1) is 0 Å². The lowest BCUT2D eigenvalue weighted by Crippen LogP contribution is -2.24. The quantitative estimate of drug-likeness (QED) is 0.427. The van der Waals surface area contributed by atoms with Crippen LogP contribution in [0.5, 0.6) is 11.5 Å². The summed E-state index contributed by atoms with van der Waals surface area (Å²) in [5, 5.41) is 40.4. The van der Waals surface area contributed by atoms with Crippen molar-refractivity contribution in [2.24, 2.45) is 0 Å². The highest BCUT2D eigenvalue weighted by molar-refractivity contribution is 5.96. The second-order valence-corrected chi connectivity index (χ2v) is 5.26. The summed E-state index contributed by atoms with van der Waals surface area (Å²) >= 11 is 0. The summed E-state index contributed by atoms with van der Waals surface area (Å²) in [5.41, 5.74) is 0.0831. The summed E-state index contributed by atoms with van der Waals surface area (Å²) in [5.74, 6) is -1.11. The molecule has 0 heterocycles. The van der Waals surface area contributed by atoms with E-state index in [2.05, 4.69) is 5.32 Å². The maximum atomic E-state index is 12.4. The number of nitriles is 2. The number of aromatic hydroxyl groups is 1. The van der Waals surface area contributed by atoms with E-state index >= 15 is 0 Å². The Labute approximate surface area is 155 Å². The normalized spacial score (nSPS) is 10.3. The van der Waals surface area contributed by atoms with Crippen molar-refractivity contribution in [2.45, 2.75) is 0 Å². The van der Waals surface area contributed by atoms with E-state index in [9.17, 15) is 15.0 Å². The molecule has 0 radical (unpaired) electrons. The standard InChI is InChI=1S/C20H15N3O4/c1-27-18-10-13(7-8-17(18)24)9-16(19(25)15(11-21)12-22)23-20(26)14-5-3-2-4-6-14/h2-10,24-25H,1H3,(H,23,26). The van der Waals surface area contributed by atoms with Crippen LogP contribution in [-0.4, -0.2) is 23.2 Å². The van der Waals surface area contributed by atoms with E-state index in [4.69, 9.17) is 15.3 Å². The van der Waals surface area contributed by atoms with Crippen molar-refractivity contribution in [2.75, 3.05) is 7.11 Å². The number of allylic oxidation sites excluding steroid dienone is 1. The lowest BCUT2D eigenvalue weighted by molar-refractivity contribution is 0.0964. The molecular formula is C20H15N3O4. The van der Waals surface area contributed by atoms with Crippen molar-refractivity contribution in [3.05, 3.63) is 76.7 Å². The maximum absolute atomic E-state index is 12.4. The predicted octanol–water partition coefficient (Wildman–Crippen LogP) is 3.03. The molecule has 7 nitrogen and oxygen atoms in total. The Morgan fingerprint density at radius 1 is 1.15 bits per heavy atom. The van der Waals surface area contributed by atoms with Crippen molar-refractivity contribution in [3.8, 4) is 23.6 Å². The molecule has 134 valence electrons. The zero-order valence-corrected chi connectivity index (χ0v) is 14.3. The molecule has 0 saturated carbocycles. The fourth-order valence-electron chi connectivity index (χ4n) is 2.16. The smallest absolute Gasteiger partial charge is 0.255 e. The molecule has 0 aliphatic carbocycles. The number of phenolic OH excluding ortho intramolecular Hbond substituents is 1. The minimum atomic E-state index is -0.670. The van der Waals surface area contributed by atoms with E-state index in [-0.39, 0.29) is 17.2 Å². The SMILES string of the molecule is COc1cc(C=C(NC(=O)c2ccccc2)C(O)=C(C#N)C#N)ccc1O. The second-order valence-electron chi connectivity index (χ2n) is 5.26. The Bertz CT molecular complexity index is 980. The van der Waals surface area contributed by atoms with Gasteiger partial charge in [-0.3, -0.25) is 4.79 Å². The maximum Gasteiger partial charge on any atom is 0.255 e. The highest BCUT2D eigenvalue weighted by Gasteiger charge is 2.15. The fourth-order valence-corrected chi connectivity index (χ4v) is 2.16. The van der Waals surface area contributed by atoms with E-state index < -0.39 is 17.2 Å². The van der Waals surface area contributed by atoms with Gasteiger partial charge in [0.25, 0.3) is 5.91 Å². The summed E-state index contributed by atoms with van der Waals surface area (Å²) in [4.78, 5) is 12.4. The number of nitrogens with one attached hydrogen (secondary N) is 1. The Balaban J connectivity index is 2.51. The molecule has 0 aromatic heterocycles. The first kappa shape index (κ1) is 19.1. The Kier molecular flexibility index (Phi) is 6.19. The molecule has 0 unspecified atom stereocenters. The number of amides is 1. The molecule has 0 spiro atoms. The van der Waals surface area contributed by atoms with Gasteiger partial charge in [-0.1, -0.05) is 24.3 Å². The molecule has 0 aliphatic rings. The van der Waals surface area contributed by atoms with Gasteiger partial charge in [-0.25, -0.2) is 0 Å². The second kappa shape index (κ2) is 8.75. The van der Waals surface area contributed by atoms with Crippen molar-refractivity contribution in [1.82, 2.24) is 5.32 Å². The van der Waals surface area contributed by atoms with Crippen LogP contribution < -0.4 is 10.1 Å². The molecule has 0 saturated heterocycles. The predicted molar refractivity (Wildman–Crippen MR) is 97.4 cm³/mol. The molecule has 2 aromatic rings. The van der Waals surface area contributed by atoms with Crippen LogP contribution in [-0.2, 0) is 0 Å². The van der Waals surface area contributed by atoms with Crippen LogP contribution in [0.1, 0.15) is 15.9 Å². The summed E-state index contributed by atoms with van der Waals surface area (Å²) in [6.45, 7) is 0. The molecule has 0 aliphatic heterocycles. The number of carbonyl (C=O) groups is 1. The number of hydrogen-bond donors (Lipinski definition) is 3. The molecular weight excluding hydrogens is 346 g/mol. The van der Waals surface area contributed by atoms with Gasteiger partial charge < -0.3 is 20.3 Å². The molecule has 0 atom stereocenters. The van der Waals surface area contributed by atoms with Gasteiger partial charge >= 0.3 is 0 Å². The minimum absolute atomic E-state index is 0.0842. The number of aliphatic hydroxyl groups is 1. The average Bonchev–Trinajstić information content (AvgIpc) is 2.70. The number of rotatable bonds is 5. The molecule has 3 N–H and O–H groups in total. The molecule has 0 fully saturated rings. The number of aliphatic hydroxyl groups excluding tert-OH is 1. The van der Waals surface area contributed by atoms with Crippen LogP contribution in [0.2, 0.25) is 0 Å². The van der Waals surface area contributed by atoms with Gasteiger partial charge in [-0.05, 0) is 35.9 Å². The van der Waals surface area contributed by atoms with Crippen molar-refractivity contribution < 1.29 is 19.7 Å². The zero-order chi connectivity index (χ0) is 19.8. The topological polar surface area (TPSA) is 126 Å². The highest BCUT2D eigenvalue weighted by Crippen LogP contribution is 2.27. The first-order valence-corrected chi connectivity index (χ1v) is 7.69. The number of nitrogens with zero attached hydrogens (tertiary/aromatic N) is 2. The number of phenols is 1. The van der Waals surface area contributed by atoms with Crippen molar-refractivity contribution >= 4 is 12.0 Å². The summed E-state index contributed by atoms with van der Waals surface area (Å²) < 4.78 is 5.02. The van der Waals surface area contributed by atoms with Crippen LogP contribution in [0.3, 0.4) is 0 Å². The summed E-state index contributed by atoms with van der Waals surface area (Å²) in [6, 6.07) is 15.8. The van der Waals surface area contributed by atoms with E-state index in [1.165, 1.54) is 31.4 Å². The number of hydrogen-bond acceptors (Lipinski definition) is 6. The van der Waals surface area contributed by atoms with E-state index in [0.29, 0.717) is 11.1 Å². The average molecular weight is 361 g/mol. The minimum Gasteiger partial charge on any atom is -0.504 e. The molecule has 2 aromatic carbocycles. The summed E-state index contributed by atoms with van der Waals surface area (Å²) in [7, 11) is 1.38. The lowest BCUT2D eigenvalue weighted by Gasteiger charge is -2.11. The van der Waals surface area contributed by atoms with Gasteiger partial charge in [0, 0.05) is 5.56 Å².